The summed E-state index contributed by atoms with van der Waals surface area (Å²) in [5.74, 6) is 0.858. The summed E-state index contributed by atoms with van der Waals surface area (Å²) < 4.78 is 5.44. The quantitative estimate of drug-likeness (QED) is 0.848. The summed E-state index contributed by atoms with van der Waals surface area (Å²) in [7, 11) is 1.77. The minimum atomic E-state index is 0.309. The van der Waals surface area contributed by atoms with Gasteiger partial charge >= 0.3 is 0 Å². The molecule has 0 saturated heterocycles. The number of anilines is 1. The van der Waals surface area contributed by atoms with Gasteiger partial charge in [0.25, 0.3) is 0 Å². The Labute approximate surface area is 96.4 Å². The van der Waals surface area contributed by atoms with Crippen LogP contribution in [0.2, 0.25) is 0 Å². The molecule has 0 bridgehead atoms. The summed E-state index contributed by atoms with van der Waals surface area (Å²) in [6.07, 6.45) is 5.60. The summed E-state index contributed by atoms with van der Waals surface area (Å²) in [5, 5.41) is 3.41. The summed E-state index contributed by atoms with van der Waals surface area (Å²) >= 11 is 0. The summed E-state index contributed by atoms with van der Waals surface area (Å²) in [6, 6.07) is 0.376. The number of ether oxygens (including phenoxy) is 1. The van der Waals surface area contributed by atoms with E-state index in [4.69, 9.17) is 4.74 Å². The molecule has 2 rings (SSSR count). The second-order valence-corrected chi connectivity index (χ2v) is 4.38. The fraction of sp³-hybridized carbons (Fsp3) is 0.667. The van der Waals surface area contributed by atoms with Crippen molar-refractivity contribution in [2.24, 2.45) is 0 Å². The van der Waals surface area contributed by atoms with Crippen LogP contribution in [0.1, 0.15) is 30.7 Å². The zero-order valence-corrected chi connectivity index (χ0v) is 10.2. The van der Waals surface area contributed by atoms with Gasteiger partial charge in [-0.25, -0.2) is 4.98 Å². The van der Waals surface area contributed by atoms with Crippen molar-refractivity contribution in [3.63, 3.8) is 0 Å². The number of hydrogen-bond acceptors (Lipinski definition) is 4. The number of nitrogens with one attached hydrogen (secondary N) is 1. The van der Waals surface area contributed by atoms with Crippen LogP contribution < -0.4 is 5.32 Å². The van der Waals surface area contributed by atoms with Gasteiger partial charge in [0, 0.05) is 7.11 Å². The molecule has 4 nitrogen and oxygen atoms in total. The Kier molecular flexibility index (Phi) is 3.39. The first kappa shape index (κ1) is 11.3. The highest BCUT2D eigenvalue weighted by Gasteiger charge is 2.27. The van der Waals surface area contributed by atoms with E-state index in [0.717, 1.165) is 30.0 Å². The molecule has 0 aromatic carbocycles. The van der Waals surface area contributed by atoms with E-state index in [1.165, 1.54) is 6.42 Å². The van der Waals surface area contributed by atoms with Gasteiger partial charge in [0.2, 0.25) is 0 Å². The van der Waals surface area contributed by atoms with Crippen LogP contribution in [-0.2, 0) is 4.74 Å². The van der Waals surface area contributed by atoms with Crippen LogP contribution in [0.3, 0.4) is 0 Å². The van der Waals surface area contributed by atoms with Crippen LogP contribution in [-0.4, -0.2) is 29.2 Å². The third-order valence-electron chi connectivity index (χ3n) is 3.28. The van der Waals surface area contributed by atoms with Crippen molar-refractivity contribution in [2.75, 3.05) is 12.4 Å². The van der Waals surface area contributed by atoms with Crippen molar-refractivity contribution in [2.45, 2.75) is 45.3 Å². The molecular formula is C12H19N3O. The standard InChI is InChI=1S/C12H19N3O/c1-8-9(2)14-12(7-13-8)15-10-5-4-6-11(10)16-3/h7,10-11H,4-6H2,1-3H3,(H,14,15). The first-order chi connectivity index (χ1) is 7.70. The van der Waals surface area contributed by atoms with E-state index in [9.17, 15) is 0 Å². The molecule has 1 aromatic heterocycles. The Balaban J connectivity index is 2.05. The molecule has 4 heteroatoms. The third-order valence-corrected chi connectivity index (χ3v) is 3.28. The van der Waals surface area contributed by atoms with Gasteiger partial charge in [-0.2, -0.15) is 0 Å². The fourth-order valence-electron chi connectivity index (χ4n) is 2.17. The van der Waals surface area contributed by atoms with Gasteiger partial charge < -0.3 is 10.1 Å². The van der Waals surface area contributed by atoms with Crippen molar-refractivity contribution >= 4 is 5.82 Å². The lowest BCUT2D eigenvalue weighted by Crippen LogP contribution is -2.30. The second-order valence-electron chi connectivity index (χ2n) is 4.38. The molecule has 1 aliphatic carbocycles. The molecule has 0 radical (unpaired) electrons. The van der Waals surface area contributed by atoms with E-state index in [-0.39, 0.29) is 0 Å². The molecule has 0 amide bonds. The predicted molar refractivity (Wildman–Crippen MR) is 63.6 cm³/mol. The summed E-state index contributed by atoms with van der Waals surface area (Å²) in [5.41, 5.74) is 1.97. The zero-order chi connectivity index (χ0) is 11.5. The Morgan fingerprint density at radius 1 is 1.31 bits per heavy atom. The van der Waals surface area contributed by atoms with Crippen LogP contribution in [0, 0.1) is 13.8 Å². The molecule has 0 aliphatic heterocycles. The van der Waals surface area contributed by atoms with E-state index < -0.39 is 0 Å². The van der Waals surface area contributed by atoms with Crippen LogP contribution in [0.4, 0.5) is 5.82 Å². The lowest BCUT2D eigenvalue weighted by molar-refractivity contribution is 0.101. The normalized spacial score (nSPS) is 24.7. The van der Waals surface area contributed by atoms with E-state index in [0.29, 0.717) is 12.1 Å². The Morgan fingerprint density at radius 2 is 2.12 bits per heavy atom. The molecule has 2 atom stereocenters. The van der Waals surface area contributed by atoms with Gasteiger partial charge in [0.1, 0.15) is 5.82 Å². The maximum absolute atomic E-state index is 5.44. The minimum Gasteiger partial charge on any atom is -0.379 e. The molecule has 2 unspecified atom stereocenters. The van der Waals surface area contributed by atoms with Gasteiger partial charge in [-0.3, -0.25) is 4.98 Å². The fourth-order valence-corrected chi connectivity index (χ4v) is 2.17. The Morgan fingerprint density at radius 3 is 2.81 bits per heavy atom. The number of nitrogens with zero attached hydrogens (tertiary/aromatic N) is 2. The second kappa shape index (κ2) is 4.78. The summed E-state index contributed by atoms with van der Waals surface area (Å²) in [6.45, 7) is 3.95. The SMILES string of the molecule is COC1CCCC1Nc1cnc(C)c(C)n1. The molecule has 0 spiro atoms. The molecule has 1 aliphatic rings. The van der Waals surface area contributed by atoms with Crippen molar-refractivity contribution in [3.05, 3.63) is 17.6 Å². The molecule has 1 N–H and O–H groups in total. The van der Waals surface area contributed by atoms with Crippen molar-refractivity contribution < 1.29 is 4.74 Å². The average molecular weight is 221 g/mol. The van der Waals surface area contributed by atoms with Crippen LogP contribution in [0.25, 0.3) is 0 Å². The molecule has 16 heavy (non-hydrogen) atoms. The largest absolute Gasteiger partial charge is 0.379 e. The van der Waals surface area contributed by atoms with E-state index in [1.807, 2.05) is 13.8 Å². The number of aryl methyl sites for hydroxylation is 2. The molecular weight excluding hydrogens is 202 g/mol. The topological polar surface area (TPSA) is 47.0 Å². The third kappa shape index (κ3) is 2.32. The number of methoxy groups -OCH3 is 1. The van der Waals surface area contributed by atoms with Gasteiger partial charge in [0.05, 0.1) is 29.7 Å². The predicted octanol–water partition coefficient (Wildman–Crippen LogP) is 2.07. The monoisotopic (exact) mass is 221 g/mol. The minimum absolute atomic E-state index is 0.309. The van der Waals surface area contributed by atoms with Gasteiger partial charge in [-0.05, 0) is 33.1 Å². The Hall–Kier alpha value is -1.16. The molecule has 1 heterocycles. The van der Waals surface area contributed by atoms with Crippen molar-refractivity contribution in [1.82, 2.24) is 9.97 Å². The maximum Gasteiger partial charge on any atom is 0.145 e. The maximum atomic E-state index is 5.44. The van der Waals surface area contributed by atoms with Gasteiger partial charge in [-0.1, -0.05) is 0 Å². The number of aromatic nitrogens is 2. The molecule has 1 saturated carbocycles. The van der Waals surface area contributed by atoms with Crippen LogP contribution in [0.15, 0.2) is 6.20 Å². The van der Waals surface area contributed by atoms with Crippen LogP contribution >= 0.6 is 0 Å². The smallest absolute Gasteiger partial charge is 0.145 e. The van der Waals surface area contributed by atoms with E-state index in [1.54, 1.807) is 13.3 Å². The van der Waals surface area contributed by atoms with E-state index >= 15 is 0 Å². The highest BCUT2D eigenvalue weighted by Crippen LogP contribution is 2.24. The first-order valence-electron chi connectivity index (χ1n) is 5.80. The van der Waals surface area contributed by atoms with Crippen molar-refractivity contribution in [1.29, 1.82) is 0 Å². The lowest BCUT2D eigenvalue weighted by Gasteiger charge is -2.20. The van der Waals surface area contributed by atoms with Crippen molar-refractivity contribution in [3.8, 4) is 0 Å². The van der Waals surface area contributed by atoms with Crippen LogP contribution in [0.5, 0.6) is 0 Å². The number of rotatable bonds is 3. The molecule has 1 aromatic rings. The van der Waals surface area contributed by atoms with Gasteiger partial charge in [-0.15, -0.1) is 0 Å². The lowest BCUT2D eigenvalue weighted by atomic mass is 10.2. The highest BCUT2D eigenvalue weighted by molar-refractivity contribution is 5.35. The average Bonchev–Trinajstić information content (AvgIpc) is 2.71. The highest BCUT2D eigenvalue weighted by atomic mass is 16.5. The zero-order valence-electron chi connectivity index (χ0n) is 10.2. The molecule has 1 fully saturated rings. The Bertz CT molecular complexity index is 367. The molecule has 88 valence electrons. The van der Waals surface area contributed by atoms with Gasteiger partial charge in [0.15, 0.2) is 0 Å². The first-order valence-corrected chi connectivity index (χ1v) is 5.80. The summed E-state index contributed by atoms with van der Waals surface area (Å²) in [4.78, 5) is 8.78. The van der Waals surface area contributed by atoms with E-state index in [2.05, 4.69) is 15.3 Å². The number of hydrogen-bond donors (Lipinski definition) is 1.